The summed E-state index contributed by atoms with van der Waals surface area (Å²) in [6.45, 7) is 2.20. The van der Waals surface area contributed by atoms with Crippen molar-refractivity contribution in [3.05, 3.63) is 23.8 Å². The number of aliphatic carboxylic acids is 1. The highest BCUT2D eigenvalue weighted by Crippen LogP contribution is 2.29. The number of phenols is 1. The van der Waals surface area contributed by atoms with Gasteiger partial charge in [0.05, 0.1) is 6.61 Å². The van der Waals surface area contributed by atoms with Gasteiger partial charge >= 0.3 is 5.97 Å². The third kappa shape index (κ3) is 2.64. The fourth-order valence-corrected chi connectivity index (χ4v) is 1.41. The van der Waals surface area contributed by atoms with E-state index in [0.29, 0.717) is 17.9 Å². The molecule has 0 spiro atoms. The van der Waals surface area contributed by atoms with Gasteiger partial charge < -0.3 is 20.3 Å². The van der Waals surface area contributed by atoms with Crippen LogP contribution in [0.5, 0.6) is 11.5 Å². The number of phenolic OH excluding ortho intramolecular Hbond substituents is 1. The van der Waals surface area contributed by atoms with E-state index in [0.717, 1.165) is 0 Å². The van der Waals surface area contributed by atoms with Crippen molar-refractivity contribution >= 4 is 5.97 Å². The minimum atomic E-state index is -0.976. The van der Waals surface area contributed by atoms with Crippen LogP contribution in [0.15, 0.2) is 18.2 Å². The topological polar surface area (TPSA) is 78.8 Å². The molecule has 1 atom stereocenters. The second-order valence-corrected chi connectivity index (χ2v) is 3.22. The van der Waals surface area contributed by atoms with Crippen LogP contribution in [0.4, 0.5) is 0 Å². The molecular formula is C11H15NO4. The lowest BCUT2D eigenvalue weighted by molar-refractivity contribution is -0.139. The molecule has 1 aromatic rings. The number of carboxylic acids is 1. The van der Waals surface area contributed by atoms with Gasteiger partial charge in [0.15, 0.2) is 11.5 Å². The Morgan fingerprint density at radius 2 is 2.25 bits per heavy atom. The first kappa shape index (κ1) is 12.3. The van der Waals surface area contributed by atoms with Crippen LogP contribution in [0.1, 0.15) is 18.5 Å². The van der Waals surface area contributed by atoms with Gasteiger partial charge in [-0.2, -0.15) is 0 Å². The molecule has 1 unspecified atom stereocenters. The predicted molar refractivity (Wildman–Crippen MR) is 58.7 cm³/mol. The van der Waals surface area contributed by atoms with E-state index >= 15 is 0 Å². The average molecular weight is 225 g/mol. The van der Waals surface area contributed by atoms with Gasteiger partial charge in [0.1, 0.15) is 6.04 Å². The van der Waals surface area contributed by atoms with Crippen molar-refractivity contribution in [2.45, 2.75) is 13.0 Å². The standard InChI is InChI=1S/C11H15NO4/c1-3-16-9-6-7(4-5-8(9)13)10(12-2)11(14)15/h4-6,10,12-13H,3H2,1-2H3,(H,14,15). The normalized spacial score (nSPS) is 12.1. The molecule has 5 heteroatoms. The summed E-state index contributed by atoms with van der Waals surface area (Å²) in [6.07, 6.45) is 0. The number of aromatic hydroxyl groups is 1. The van der Waals surface area contributed by atoms with Crippen molar-refractivity contribution < 1.29 is 19.7 Å². The fraction of sp³-hybridized carbons (Fsp3) is 0.364. The van der Waals surface area contributed by atoms with E-state index in [1.807, 2.05) is 0 Å². The average Bonchev–Trinajstić information content (AvgIpc) is 2.23. The Labute approximate surface area is 93.7 Å². The molecule has 0 aliphatic carbocycles. The number of likely N-dealkylation sites (N-methyl/N-ethyl adjacent to an activating group) is 1. The Bertz CT molecular complexity index is 378. The van der Waals surface area contributed by atoms with E-state index in [1.165, 1.54) is 12.1 Å². The Hall–Kier alpha value is -1.75. The highest BCUT2D eigenvalue weighted by Gasteiger charge is 2.18. The van der Waals surface area contributed by atoms with Gasteiger partial charge in [-0.15, -0.1) is 0 Å². The summed E-state index contributed by atoms with van der Waals surface area (Å²) in [4.78, 5) is 10.9. The van der Waals surface area contributed by atoms with E-state index in [-0.39, 0.29) is 5.75 Å². The van der Waals surface area contributed by atoms with Crippen LogP contribution < -0.4 is 10.1 Å². The molecule has 0 aromatic heterocycles. The largest absolute Gasteiger partial charge is 0.504 e. The van der Waals surface area contributed by atoms with Crippen molar-refractivity contribution in [3.63, 3.8) is 0 Å². The lowest BCUT2D eigenvalue weighted by Crippen LogP contribution is -2.24. The van der Waals surface area contributed by atoms with Crippen molar-refractivity contribution in [2.75, 3.05) is 13.7 Å². The van der Waals surface area contributed by atoms with E-state index in [9.17, 15) is 9.90 Å². The smallest absolute Gasteiger partial charge is 0.325 e. The molecule has 5 nitrogen and oxygen atoms in total. The number of nitrogens with one attached hydrogen (secondary N) is 1. The van der Waals surface area contributed by atoms with Gasteiger partial charge in [0.25, 0.3) is 0 Å². The maximum absolute atomic E-state index is 10.9. The van der Waals surface area contributed by atoms with Gasteiger partial charge in [0.2, 0.25) is 0 Å². The molecular weight excluding hydrogens is 210 g/mol. The van der Waals surface area contributed by atoms with Crippen molar-refractivity contribution in [2.24, 2.45) is 0 Å². The Morgan fingerprint density at radius 1 is 1.56 bits per heavy atom. The number of carbonyl (C=O) groups is 1. The van der Waals surface area contributed by atoms with Gasteiger partial charge in [-0.05, 0) is 31.7 Å². The predicted octanol–water partition coefficient (Wildman–Crippen LogP) is 1.14. The van der Waals surface area contributed by atoms with Crippen LogP contribution in [0.2, 0.25) is 0 Å². The summed E-state index contributed by atoms with van der Waals surface area (Å²) in [5.41, 5.74) is 0.538. The van der Waals surface area contributed by atoms with Gasteiger partial charge in [-0.25, -0.2) is 0 Å². The summed E-state index contributed by atoms with van der Waals surface area (Å²) in [7, 11) is 1.56. The summed E-state index contributed by atoms with van der Waals surface area (Å²) in [6, 6.07) is 3.69. The number of benzene rings is 1. The highest BCUT2D eigenvalue weighted by molar-refractivity contribution is 5.75. The summed E-state index contributed by atoms with van der Waals surface area (Å²) < 4.78 is 5.18. The second kappa shape index (κ2) is 5.37. The van der Waals surface area contributed by atoms with Crippen LogP contribution in [-0.2, 0) is 4.79 Å². The molecule has 0 radical (unpaired) electrons. The molecule has 16 heavy (non-hydrogen) atoms. The fourth-order valence-electron chi connectivity index (χ4n) is 1.41. The molecule has 0 amide bonds. The van der Waals surface area contributed by atoms with Crippen molar-refractivity contribution in [1.82, 2.24) is 5.32 Å². The van der Waals surface area contributed by atoms with Gasteiger partial charge in [-0.1, -0.05) is 6.07 Å². The van der Waals surface area contributed by atoms with Crippen molar-refractivity contribution in [3.8, 4) is 11.5 Å². The maximum atomic E-state index is 10.9. The molecule has 0 heterocycles. The monoisotopic (exact) mass is 225 g/mol. The lowest BCUT2D eigenvalue weighted by Gasteiger charge is -2.13. The van der Waals surface area contributed by atoms with Crippen LogP contribution in [0.3, 0.4) is 0 Å². The maximum Gasteiger partial charge on any atom is 0.325 e. The third-order valence-corrected chi connectivity index (χ3v) is 2.15. The molecule has 88 valence electrons. The van der Waals surface area contributed by atoms with E-state index in [1.54, 1.807) is 20.0 Å². The minimum Gasteiger partial charge on any atom is -0.504 e. The quantitative estimate of drug-likeness (QED) is 0.700. The van der Waals surface area contributed by atoms with Gasteiger partial charge in [0, 0.05) is 0 Å². The Kier molecular flexibility index (Phi) is 4.13. The first-order valence-electron chi connectivity index (χ1n) is 4.96. The zero-order chi connectivity index (χ0) is 12.1. The van der Waals surface area contributed by atoms with Crippen LogP contribution in [0, 0.1) is 0 Å². The zero-order valence-electron chi connectivity index (χ0n) is 9.23. The molecule has 1 rings (SSSR count). The molecule has 0 aliphatic rings. The minimum absolute atomic E-state index is 0.00541. The molecule has 0 bridgehead atoms. The molecule has 0 saturated heterocycles. The first-order valence-corrected chi connectivity index (χ1v) is 4.96. The summed E-state index contributed by atoms with van der Waals surface area (Å²) in [5.74, 6) is -0.678. The Balaban J connectivity index is 3.05. The van der Waals surface area contributed by atoms with Crippen molar-refractivity contribution in [1.29, 1.82) is 0 Å². The first-order chi connectivity index (χ1) is 7.60. The number of carboxylic acid groups (broad SMARTS) is 1. The molecule has 0 saturated carbocycles. The Morgan fingerprint density at radius 3 is 2.75 bits per heavy atom. The van der Waals surface area contributed by atoms with Crippen LogP contribution >= 0.6 is 0 Å². The molecule has 0 aliphatic heterocycles. The summed E-state index contributed by atoms with van der Waals surface area (Å²) in [5, 5.41) is 21.1. The van der Waals surface area contributed by atoms with E-state index in [2.05, 4.69) is 5.32 Å². The zero-order valence-corrected chi connectivity index (χ0v) is 9.23. The number of rotatable bonds is 5. The SMILES string of the molecule is CCOc1cc(C(NC)C(=O)O)ccc1O. The molecule has 0 fully saturated rings. The highest BCUT2D eigenvalue weighted by atomic mass is 16.5. The van der Waals surface area contributed by atoms with E-state index < -0.39 is 12.0 Å². The van der Waals surface area contributed by atoms with Gasteiger partial charge in [-0.3, -0.25) is 4.79 Å². The number of hydrogen-bond acceptors (Lipinski definition) is 4. The van der Waals surface area contributed by atoms with E-state index in [4.69, 9.17) is 9.84 Å². The van der Waals surface area contributed by atoms with Crippen LogP contribution in [0.25, 0.3) is 0 Å². The lowest BCUT2D eigenvalue weighted by atomic mass is 10.1. The second-order valence-electron chi connectivity index (χ2n) is 3.22. The number of ether oxygens (including phenoxy) is 1. The van der Waals surface area contributed by atoms with Crippen LogP contribution in [-0.4, -0.2) is 29.8 Å². The summed E-state index contributed by atoms with van der Waals surface area (Å²) >= 11 is 0. The molecule has 3 N–H and O–H groups in total. The molecule has 1 aromatic carbocycles. The number of hydrogen-bond donors (Lipinski definition) is 3. The third-order valence-electron chi connectivity index (χ3n) is 2.15.